The van der Waals surface area contributed by atoms with Gasteiger partial charge in [-0.3, -0.25) is 0 Å². The summed E-state index contributed by atoms with van der Waals surface area (Å²) >= 11 is 0. The van der Waals surface area contributed by atoms with Crippen molar-refractivity contribution >= 4 is 5.97 Å². The van der Waals surface area contributed by atoms with Crippen LogP contribution in [0.3, 0.4) is 0 Å². The molecule has 1 aromatic rings. The van der Waals surface area contributed by atoms with Gasteiger partial charge in [0.05, 0.1) is 20.8 Å². The first-order valence-electron chi connectivity index (χ1n) is 5.04. The molecule has 0 amide bonds. The third kappa shape index (κ3) is 2.27. The van der Waals surface area contributed by atoms with Gasteiger partial charge in [0.15, 0.2) is 0 Å². The number of carbonyl (C=O) groups is 1. The minimum Gasteiger partial charge on any atom is -0.496 e. The Morgan fingerprint density at radius 2 is 1.94 bits per heavy atom. The number of ether oxygens (including phenoxy) is 3. The summed E-state index contributed by atoms with van der Waals surface area (Å²) in [4.78, 5) is 11.6. The molecule has 0 spiro atoms. The van der Waals surface area contributed by atoms with Gasteiger partial charge >= 0.3 is 5.97 Å². The minimum atomic E-state index is -0.384. The molecule has 0 saturated heterocycles. The predicted octanol–water partition coefficient (Wildman–Crippen LogP) is 2.19. The van der Waals surface area contributed by atoms with Crippen LogP contribution >= 0.6 is 0 Å². The van der Waals surface area contributed by atoms with Crippen LogP contribution in [-0.2, 0) is 4.74 Å². The Balaban J connectivity index is 3.20. The van der Waals surface area contributed by atoms with E-state index in [1.165, 1.54) is 7.11 Å². The average molecular weight is 224 g/mol. The first-order chi connectivity index (χ1) is 7.65. The molecule has 0 heterocycles. The average Bonchev–Trinajstić information content (AvgIpc) is 2.28. The zero-order chi connectivity index (χ0) is 12.1. The fourth-order valence-electron chi connectivity index (χ4n) is 1.53. The maximum Gasteiger partial charge on any atom is 0.341 e. The third-order valence-corrected chi connectivity index (χ3v) is 2.28. The number of hydrogen-bond acceptors (Lipinski definition) is 4. The van der Waals surface area contributed by atoms with Gasteiger partial charge in [-0.15, -0.1) is 0 Å². The van der Waals surface area contributed by atoms with E-state index in [4.69, 9.17) is 14.2 Å². The monoisotopic (exact) mass is 224 g/mol. The second kappa shape index (κ2) is 5.39. The Morgan fingerprint density at radius 3 is 2.44 bits per heavy atom. The van der Waals surface area contributed by atoms with E-state index in [1.807, 2.05) is 6.92 Å². The van der Waals surface area contributed by atoms with E-state index in [1.54, 1.807) is 26.2 Å². The fraction of sp³-hybridized carbons (Fsp3) is 0.417. The summed E-state index contributed by atoms with van der Waals surface area (Å²) in [6.45, 7) is 3.94. The van der Waals surface area contributed by atoms with E-state index >= 15 is 0 Å². The van der Waals surface area contributed by atoms with Crippen LogP contribution < -0.4 is 9.47 Å². The van der Waals surface area contributed by atoms with Gasteiger partial charge in [0, 0.05) is 5.56 Å². The SMILES string of the molecule is CCOC(=O)c1ccc(OC)c(C)c1OC. The second-order valence-corrected chi connectivity index (χ2v) is 3.19. The van der Waals surface area contributed by atoms with E-state index in [9.17, 15) is 4.79 Å². The first kappa shape index (κ1) is 12.4. The molecule has 0 aromatic heterocycles. The van der Waals surface area contributed by atoms with Crippen LogP contribution in [0.25, 0.3) is 0 Å². The highest BCUT2D eigenvalue weighted by Crippen LogP contribution is 2.31. The molecular weight excluding hydrogens is 208 g/mol. The van der Waals surface area contributed by atoms with Crippen molar-refractivity contribution in [3.05, 3.63) is 23.3 Å². The Bertz CT molecular complexity index is 385. The highest BCUT2D eigenvalue weighted by Gasteiger charge is 2.17. The van der Waals surface area contributed by atoms with Crippen LogP contribution in [0.5, 0.6) is 11.5 Å². The molecular formula is C12H16O4. The topological polar surface area (TPSA) is 44.8 Å². The minimum absolute atomic E-state index is 0.340. The van der Waals surface area contributed by atoms with Crippen molar-refractivity contribution in [2.75, 3.05) is 20.8 Å². The molecule has 0 aliphatic carbocycles. The van der Waals surface area contributed by atoms with Gasteiger partial charge in [0.2, 0.25) is 0 Å². The lowest BCUT2D eigenvalue weighted by Gasteiger charge is -2.13. The molecule has 4 heteroatoms. The van der Waals surface area contributed by atoms with Crippen molar-refractivity contribution in [2.24, 2.45) is 0 Å². The van der Waals surface area contributed by atoms with Gasteiger partial charge in [0.1, 0.15) is 17.1 Å². The van der Waals surface area contributed by atoms with Gasteiger partial charge in [-0.25, -0.2) is 4.79 Å². The number of benzene rings is 1. The summed E-state index contributed by atoms with van der Waals surface area (Å²) in [5, 5.41) is 0. The largest absolute Gasteiger partial charge is 0.496 e. The van der Waals surface area contributed by atoms with Crippen molar-refractivity contribution < 1.29 is 19.0 Å². The lowest BCUT2D eigenvalue weighted by Crippen LogP contribution is -2.08. The summed E-state index contributed by atoms with van der Waals surface area (Å²) in [7, 11) is 3.09. The summed E-state index contributed by atoms with van der Waals surface area (Å²) in [5.41, 5.74) is 1.21. The highest BCUT2D eigenvalue weighted by atomic mass is 16.5. The molecule has 0 N–H and O–H groups in total. The standard InChI is InChI=1S/C12H16O4/c1-5-16-12(13)9-6-7-10(14-3)8(2)11(9)15-4/h6-7H,5H2,1-4H3. The molecule has 0 bridgehead atoms. The molecule has 1 aromatic carbocycles. The summed E-state index contributed by atoms with van der Waals surface area (Å²) in [6.07, 6.45) is 0. The van der Waals surface area contributed by atoms with Gasteiger partial charge in [-0.1, -0.05) is 0 Å². The van der Waals surface area contributed by atoms with Gasteiger partial charge < -0.3 is 14.2 Å². The molecule has 0 aliphatic rings. The molecule has 0 unspecified atom stereocenters. The van der Waals surface area contributed by atoms with Crippen molar-refractivity contribution in [3.63, 3.8) is 0 Å². The Morgan fingerprint density at radius 1 is 1.25 bits per heavy atom. The molecule has 0 aliphatic heterocycles. The zero-order valence-corrected chi connectivity index (χ0v) is 9.99. The van der Waals surface area contributed by atoms with Crippen LogP contribution in [0.4, 0.5) is 0 Å². The number of esters is 1. The van der Waals surface area contributed by atoms with Crippen molar-refractivity contribution in [1.82, 2.24) is 0 Å². The van der Waals surface area contributed by atoms with Crippen molar-refractivity contribution in [3.8, 4) is 11.5 Å². The molecule has 88 valence electrons. The highest BCUT2D eigenvalue weighted by molar-refractivity contribution is 5.93. The maximum atomic E-state index is 11.6. The zero-order valence-electron chi connectivity index (χ0n) is 9.99. The fourth-order valence-corrected chi connectivity index (χ4v) is 1.53. The molecule has 0 fully saturated rings. The van der Waals surface area contributed by atoms with E-state index < -0.39 is 0 Å². The lowest BCUT2D eigenvalue weighted by atomic mass is 10.1. The van der Waals surface area contributed by atoms with Gasteiger partial charge in [-0.2, -0.15) is 0 Å². The van der Waals surface area contributed by atoms with Crippen molar-refractivity contribution in [2.45, 2.75) is 13.8 Å². The first-order valence-corrected chi connectivity index (χ1v) is 5.04. The Kier molecular flexibility index (Phi) is 4.17. The lowest BCUT2D eigenvalue weighted by molar-refractivity contribution is 0.0522. The molecule has 0 atom stereocenters. The summed E-state index contributed by atoms with van der Waals surface area (Å²) in [5.74, 6) is 0.799. The van der Waals surface area contributed by atoms with Crippen LogP contribution in [0.2, 0.25) is 0 Å². The third-order valence-electron chi connectivity index (χ3n) is 2.28. The van der Waals surface area contributed by atoms with Gasteiger partial charge in [-0.05, 0) is 26.0 Å². The normalized spacial score (nSPS) is 9.75. The number of hydrogen-bond donors (Lipinski definition) is 0. The van der Waals surface area contributed by atoms with Crippen LogP contribution in [0.15, 0.2) is 12.1 Å². The quantitative estimate of drug-likeness (QED) is 0.735. The smallest absolute Gasteiger partial charge is 0.341 e. The van der Waals surface area contributed by atoms with Crippen molar-refractivity contribution in [1.29, 1.82) is 0 Å². The Labute approximate surface area is 95.1 Å². The molecule has 4 nitrogen and oxygen atoms in total. The second-order valence-electron chi connectivity index (χ2n) is 3.19. The van der Waals surface area contributed by atoms with E-state index in [0.717, 1.165) is 5.56 Å². The molecule has 16 heavy (non-hydrogen) atoms. The summed E-state index contributed by atoms with van der Waals surface area (Å²) in [6, 6.07) is 3.37. The van der Waals surface area contributed by atoms with E-state index in [0.29, 0.717) is 23.7 Å². The Hall–Kier alpha value is -1.71. The van der Waals surface area contributed by atoms with Crippen LogP contribution in [-0.4, -0.2) is 26.8 Å². The maximum absolute atomic E-state index is 11.6. The van der Waals surface area contributed by atoms with Crippen LogP contribution in [0.1, 0.15) is 22.8 Å². The van der Waals surface area contributed by atoms with Crippen LogP contribution in [0, 0.1) is 6.92 Å². The van der Waals surface area contributed by atoms with E-state index in [2.05, 4.69) is 0 Å². The summed E-state index contributed by atoms with van der Waals surface area (Å²) < 4.78 is 15.3. The molecule has 0 saturated carbocycles. The molecule has 1 rings (SSSR count). The predicted molar refractivity (Wildman–Crippen MR) is 60.2 cm³/mol. The number of rotatable bonds is 4. The van der Waals surface area contributed by atoms with E-state index in [-0.39, 0.29) is 5.97 Å². The molecule has 0 radical (unpaired) electrons. The number of methoxy groups -OCH3 is 2. The van der Waals surface area contributed by atoms with Gasteiger partial charge in [0.25, 0.3) is 0 Å². The number of carbonyl (C=O) groups excluding carboxylic acids is 1.